The zero-order valence-corrected chi connectivity index (χ0v) is 11.4. The van der Waals surface area contributed by atoms with Crippen LogP contribution in [0.15, 0.2) is 0 Å². The molecule has 0 N–H and O–H groups in total. The molecule has 0 saturated heterocycles. The molecule has 4 heteroatoms. The van der Waals surface area contributed by atoms with Gasteiger partial charge in [-0.25, -0.2) is 0 Å². The first-order valence-corrected chi connectivity index (χ1v) is 0. The van der Waals surface area contributed by atoms with E-state index in [4.69, 9.17) is 0 Å². The van der Waals surface area contributed by atoms with Gasteiger partial charge in [-0.3, -0.25) is 0 Å². The summed E-state index contributed by atoms with van der Waals surface area (Å²) in [6.45, 7) is 0. The molecule has 4 heavy (non-hydrogen) atoms. The average molecular weight is 625 g/mol. The van der Waals surface area contributed by atoms with Crippen molar-refractivity contribution in [3.05, 3.63) is 0 Å². The SMILES string of the molecule is [I-].[I-].[I-].[Pu]. The monoisotopic (exact) mass is 619 g/mol. The van der Waals surface area contributed by atoms with E-state index in [1.54, 1.807) is 0 Å². The van der Waals surface area contributed by atoms with Crippen LogP contribution in [0.25, 0.3) is 0 Å². The average Bonchev–Trinajstić information content (AvgIpc) is 0. The second-order valence-corrected chi connectivity index (χ2v) is 0. The summed E-state index contributed by atoms with van der Waals surface area (Å²) in [5.74, 6) is 0. The fourth-order valence-corrected chi connectivity index (χ4v) is 0. The van der Waals surface area contributed by atoms with E-state index >= 15 is 0 Å². The van der Waals surface area contributed by atoms with Gasteiger partial charge in [0.1, 0.15) is 0 Å². The number of hydrogen-bond donors (Lipinski definition) is 0. The molecule has 0 saturated carbocycles. The molecule has 0 heterocycles. The second-order valence-electron chi connectivity index (χ2n) is 0. The maximum Gasteiger partial charge on any atom is 0 e. The maximum atomic E-state index is 0. The van der Waals surface area contributed by atoms with Crippen LogP contribution >= 0.6 is 0 Å². The fraction of sp³-hybridized carbons (Fsp3) is 0. The van der Waals surface area contributed by atoms with Crippen LogP contribution in [-0.4, -0.2) is 0 Å². The van der Waals surface area contributed by atoms with E-state index in [0.717, 1.165) is 0 Å². The molecule has 0 bridgehead atoms. The van der Waals surface area contributed by atoms with Gasteiger partial charge in [-0.1, -0.05) is 0 Å². The molecule has 0 aliphatic carbocycles. The Morgan fingerprint density at radius 3 is 0.500 bits per heavy atom. The zero-order valence-electron chi connectivity index (χ0n) is 1.54. The molecule has 0 radical (unpaired) electrons. The Labute approximate surface area is 98.9 Å². The van der Waals surface area contributed by atoms with Crippen molar-refractivity contribution in [3.63, 3.8) is 0 Å². The molecule has 0 aromatic carbocycles. The quantitative estimate of drug-likeness (QED) is 0.235. The Hall–Kier alpha value is 3.18. The van der Waals surface area contributed by atoms with Gasteiger partial charge < -0.3 is 71.9 Å². The van der Waals surface area contributed by atoms with E-state index < -0.39 is 0 Å². The predicted octanol–water partition coefficient (Wildman–Crippen LogP) is -8.99. The molecule has 0 nitrogen and oxygen atoms in total. The van der Waals surface area contributed by atoms with Crippen molar-refractivity contribution < 1.29 is 101 Å². The van der Waals surface area contributed by atoms with E-state index in [9.17, 15) is 0 Å². The van der Waals surface area contributed by atoms with Crippen molar-refractivity contribution in [2.24, 2.45) is 0 Å². The minimum atomic E-state index is 0. The molecule has 0 rings (SSSR count). The molecule has 0 unspecified atom stereocenters. The summed E-state index contributed by atoms with van der Waals surface area (Å²) in [7, 11) is 0. The standard InChI is InChI=1S/3HI.Pu/h3*1H;/p-3. The Morgan fingerprint density at radius 2 is 0.500 bits per heavy atom. The molecule has 0 aromatic heterocycles. The number of halogens is 3. The summed E-state index contributed by atoms with van der Waals surface area (Å²) in [4.78, 5) is 0. The Bertz CT molecular complexity index is 3.25. The molecular formula is I3Pu-3. The van der Waals surface area contributed by atoms with E-state index in [-0.39, 0.29) is 101 Å². The summed E-state index contributed by atoms with van der Waals surface area (Å²) >= 11 is 0. The van der Waals surface area contributed by atoms with Gasteiger partial charge in [-0.15, -0.1) is 0 Å². The van der Waals surface area contributed by atoms with Crippen LogP contribution in [0.2, 0.25) is 0 Å². The molecule has 0 amide bonds. The zero-order chi connectivity index (χ0) is 0. The van der Waals surface area contributed by atoms with Gasteiger partial charge in [-0.2, -0.15) is 0 Å². The summed E-state index contributed by atoms with van der Waals surface area (Å²) in [5, 5.41) is 0. The van der Waals surface area contributed by atoms with Gasteiger partial charge >= 0.3 is 0 Å². The third-order valence-corrected chi connectivity index (χ3v) is 0. The molecule has 0 spiro atoms. The largest absolute Gasteiger partial charge is 1.00 e. The van der Waals surface area contributed by atoms with Crippen molar-refractivity contribution in [2.45, 2.75) is 0 Å². The molecule has 0 aliphatic heterocycles. The van der Waals surface area contributed by atoms with Crippen LogP contribution in [0, 0.1) is 29.2 Å². The molecule has 0 aromatic rings. The van der Waals surface area contributed by atoms with Gasteiger partial charge in [0.15, 0.2) is 0 Å². The van der Waals surface area contributed by atoms with Crippen LogP contribution in [0.1, 0.15) is 0 Å². The normalized spacial score (nSPS) is 0. The number of hydrogen-bond acceptors (Lipinski definition) is 0. The van der Waals surface area contributed by atoms with Gasteiger partial charge in [0.25, 0.3) is 0 Å². The Balaban J connectivity index is 0. The van der Waals surface area contributed by atoms with Crippen molar-refractivity contribution in [1.82, 2.24) is 0 Å². The van der Waals surface area contributed by atoms with E-state index in [1.807, 2.05) is 0 Å². The summed E-state index contributed by atoms with van der Waals surface area (Å²) in [6.07, 6.45) is 0. The topological polar surface area (TPSA) is 0 Å². The maximum absolute atomic E-state index is 0. The van der Waals surface area contributed by atoms with Crippen LogP contribution in [0.4, 0.5) is 0 Å². The van der Waals surface area contributed by atoms with E-state index in [1.165, 1.54) is 0 Å². The van der Waals surface area contributed by atoms with E-state index in [2.05, 4.69) is 0 Å². The minimum absolute atomic E-state index is 0. The van der Waals surface area contributed by atoms with Gasteiger partial charge in [0.2, 0.25) is 0 Å². The first-order valence-electron chi connectivity index (χ1n) is 0. The van der Waals surface area contributed by atoms with Crippen molar-refractivity contribution in [1.29, 1.82) is 0 Å². The van der Waals surface area contributed by atoms with Crippen molar-refractivity contribution in [2.75, 3.05) is 0 Å². The van der Waals surface area contributed by atoms with Crippen molar-refractivity contribution in [3.8, 4) is 0 Å². The third-order valence-electron chi connectivity index (χ3n) is 0. The molecule has 0 fully saturated rings. The minimum Gasteiger partial charge on any atom is -1.00 e. The molecule has 0 aliphatic rings. The summed E-state index contributed by atoms with van der Waals surface area (Å²) in [6, 6.07) is 0. The Kier molecular flexibility index (Phi) is 111. The summed E-state index contributed by atoms with van der Waals surface area (Å²) in [5.41, 5.74) is 0. The fourth-order valence-electron chi connectivity index (χ4n) is 0. The van der Waals surface area contributed by atoms with Gasteiger partial charge in [0.05, 0.1) is 0 Å². The van der Waals surface area contributed by atoms with Crippen LogP contribution in [0.5, 0.6) is 0 Å². The molecule has 0 atom stereocenters. The van der Waals surface area contributed by atoms with Gasteiger partial charge in [0, 0.05) is 29.2 Å². The van der Waals surface area contributed by atoms with Gasteiger partial charge in [-0.05, 0) is 0 Å². The Morgan fingerprint density at radius 1 is 0.500 bits per heavy atom. The first-order chi connectivity index (χ1) is 0. The summed E-state index contributed by atoms with van der Waals surface area (Å²) < 4.78 is 0. The van der Waals surface area contributed by atoms with Crippen LogP contribution in [-0.2, 0) is 0 Å². The second kappa shape index (κ2) is 16.4. The van der Waals surface area contributed by atoms with Crippen molar-refractivity contribution >= 4 is 0 Å². The third kappa shape index (κ3) is 8.95. The molecule has 30 valence electrons. The predicted molar refractivity (Wildman–Crippen MR) is 0 cm³/mol. The van der Waals surface area contributed by atoms with Crippen LogP contribution < -0.4 is 71.9 Å². The smallest absolute Gasteiger partial charge is 0 e. The first kappa shape index (κ1) is 27.1. The number of rotatable bonds is 0. The van der Waals surface area contributed by atoms with E-state index in [0.29, 0.717) is 0 Å². The molecular weight excluding hydrogens is 625 g/mol. The van der Waals surface area contributed by atoms with Crippen LogP contribution in [0.3, 0.4) is 0 Å².